The molecular weight excluding hydrogens is 972 g/mol. The molecule has 0 aromatic heterocycles. The molecular formula is C68H122N2O6P+. The van der Waals surface area contributed by atoms with E-state index in [1.54, 1.807) is 6.08 Å². The number of aliphatic hydroxyl groups is 1. The van der Waals surface area contributed by atoms with Crippen LogP contribution in [-0.2, 0) is 18.4 Å². The Hall–Kier alpha value is -2.84. The van der Waals surface area contributed by atoms with E-state index in [2.05, 4.69) is 116 Å². The highest BCUT2D eigenvalue weighted by molar-refractivity contribution is 7.47. The Morgan fingerprint density at radius 2 is 0.779 bits per heavy atom. The first-order chi connectivity index (χ1) is 37.5. The van der Waals surface area contributed by atoms with Gasteiger partial charge in [-0.2, -0.15) is 0 Å². The van der Waals surface area contributed by atoms with Crippen LogP contribution in [0.4, 0.5) is 0 Å². The summed E-state index contributed by atoms with van der Waals surface area (Å²) in [6, 6.07) is -0.852. The van der Waals surface area contributed by atoms with Gasteiger partial charge >= 0.3 is 7.82 Å². The number of likely N-dealkylation sites (N-methyl/N-ethyl adjacent to an activating group) is 1. The molecule has 9 heteroatoms. The van der Waals surface area contributed by atoms with Crippen molar-refractivity contribution in [2.45, 2.75) is 276 Å². The zero-order valence-corrected chi connectivity index (χ0v) is 51.6. The van der Waals surface area contributed by atoms with Crippen LogP contribution >= 0.6 is 7.82 Å². The Morgan fingerprint density at radius 3 is 1.14 bits per heavy atom. The molecule has 0 rings (SSSR count). The summed E-state index contributed by atoms with van der Waals surface area (Å²) in [5.41, 5.74) is 0. The van der Waals surface area contributed by atoms with Crippen LogP contribution in [0.5, 0.6) is 0 Å². The van der Waals surface area contributed by atoms with Crippen LogP contribution in [0.15, 0.2) is 109 Å². The standard InChI is InChI=1S/C68H121N2O6P/c1-6-8-10-12-14-16-18-20-22-24-25-26-27-28-29-30-31-32-33-34-35-36-37-38-39-40-41-42-43-44-45-46-48-50-52-54-56-58-60-62-68(72)69-66(65-76-77(73,74)75-64-63-70(3,4)5)67(71)61-59-57-55-53-51-49-47-23-21-19-17-15-13-11-9-7-2/h8,10,14,16,20,22,25-26,28-29,31-32,34-35,37-38,59,61,66-67,71H,6-7,9,11-13,15,17-19,21,23-24,27,30,33,36,39-58,60,62-65H2,1-5H3,(H-,69,72,73,74)/p+1/b10-8-,16-14-,22-20-,26-25-,29-28-,32-31-,35-34-,38-37-,61-59+. The molecule has 0 saturated carbocycles. The molecule has 0 heterocycles. The van der Waals surface area contributed by atoms with Crippen molar-refractivity contribution in [3.05, 3.63) is 109 Å². The molecule has 0 aromatic carbocycles. The van der Waals surface area contributed by atoms with Crippen molar-refractivity contribution in [2.24, 2.45) is 0 Å². The van der Waals surface area contributed by atoms with Crippen molar-refractivity contribution in [3.8, 4) is 0 Å². The number of allylic oxidation sites excluding steroid dienone is 17. The maximum Gasteiger partial charge on any atom is 0.472 e. The topological polar surface area (TPSA) is 105 Å². The maximum absolute atomic E-state index is 13.0. The molecule has 444 valence electrons. The van der Waals surface area contributed by atoms with Gasteiger partial charge in [0.1, 0.15) is 13.2 Å². The van der Waals surface area contributed by atoms with Gasteiger partial charge in [-0.3, -0.25) is 13.8 Å². The van der Waals surface area contributed by atoms with Crippen molar-refractivity contribution in [3.63, 3.8) is 0 Å². The molecule has 1 amide bonds. The lowest BCUT2D eigenvalue weighted by molar-refractivity contribution is -0.870. The van der Waals surface area contributed by atoms with E-state index in [0.717, 1.165) is 89.9 Å². The van der Waals surface area contributed by atoms with Gasteiger partial charge < -0.3 is 19.8 Å². The summed E-state index contributed by atoms with van der Waals surface area (Å²) >= 11 is 0. The highest BCUT2D eigenvalue weighted by Crippen LogP contribution is 2.43. The second-order valence-corrected chi connectivity index (χ2v) is 23.9. The summed E-state index contributed by atoms with van der Waals surface area (Å²) in [6.07, 6.45) is 84.9. The van der Waals surface area contributed by atoms with Gasteiger partial charge in [0.25, 0.3) is 0 Å². The van der Waals surface area contributed by atoms with Crippen LogP contribution in [0.2, 0.25) is 0 Å². The van der Waals surface area contributed by atoms with Gasteiger partial charge in [0.05, 0.1) is 39.9 Å². The van der Waals surface area contributed by atoms with Gasteiger partial charge in [-0.15, -0.1) is 0 Å². The van der Waals surface area contributed by atoms with Crippen molar-refractivity contribution < 1.29 is 32.9 Å². The average Bonchev–Trinajstić information content (AvgIpc) is 3.39. The molecule has 0 saturated heterocycles. The highest BCUT2D eigenvalue weighted by Gasteiger charge is 2.27. The van der Waals surface area contributed by atoms with E-state index >= 15 is 0 Å². The zero-order chi connectivity index (χ0) is 56.3. The Bertz CT molecular complexity index is 1620. The molecule has 3 atom stereocenters. The lowest BCUT2D eigenvalue weighted by atomic mass is 10.0. The molecule has 3 unspecified atom stereocenters. The van der Waals surface area contributed by atoms with Crippen LogP contribution in [0.3, 0.4) is 0 Å². The van der Waals surface area contributed by atoms with E-state index in [4.69, 9.17) is 9.05 Å². The summed E-state index contributed by atoms with van der Waals surface area (Å²) < 4.78 is 23.7. The molecule has 0 fully saturated rings. The fourth-order valence-corrected chi connectivity index (χ4v) is 9.56. The van der Waals surface area contributed by atoms with E-state index in [-0.39, 0.29) is 19.1 Å². The van der Waals surface area contributed by atoms with E-state index < -0.39 is 20.0 Å². The van der Waals surface area contributed by atoms with E-state index in [0.29, 0.717) is 17.4 Å². The Balaban J connectivity index is 4.05. The molecule has 77 heavy (non-hydrogen) atoms. The minimum atomic E-state index is -4.35. The van der Waals surface area contributed by atoms with Crippen molar-refractivity contribution >= 4 is 13.7 Å². The number of nitrogens with one attached hydrogen (secondary N) is 1. The second-order valence-electron chi connectivity index (χ2n) is 22.4. The predicted molar refractivity (Wildman–Crippen MR) is 336 cm³/mol. The number of aliphatic hydroxyl groups excluding tert-OH is 1. The van der Waals surface area contributed by atoms with Gasteiger partial charge in [0, 0.05) is 6.42 Å². The summed E-state index contributed by atoms with van der Waals surface area (Å²) in [5.74, 6) is -0.180. The molecule has 0 aromatic rings. The van der Waals surface area contributed by atoms with Crippen molar-refractivity contribution in [1.29, 1.82) is 0 Å². The SMILES string of the molecule is CC/C=C\C/C=C\C/C=C\C/C=C\C/C=C\C/C=C\C/C=C\C/C=C\CCCCCCCCCCCCCCCCC(=O)NC(COP(=O)(O)OCC[N+](C)(C)C)C(O)/C=C/CCCCCCCCCCCCCCCC. The third-order valence-corrected chi connectivity index (χ3v) is 14.7. The maximum atomic E-state index is 13.0. The lowest BCUT2D eigenvalue weighted by Gasteiger charge is -2.25. The molecule has 0 aliphatic rings. The van der Waals surface area contributed by atoms with Gasteiger partial charge in [0.2, 0.25) is 5.91 Å². The van der Waals surface area contributed by atoms with Gasteiger partial charge in [-0.05, 0) is 83.5 Å². The number of carbonyl (C=O) groups is 1. The summed E-state index contributed by atoms with van der Waals surface area (Å²) in [4.78, 5) is 23.3. The third-order valence-electron chi connectivity index (χ3n) is 13.7. The molecule has 8 nitrogen and oxygen atoms in total. The summed E-state index contributed by atoms with van der Waals surface area (Å²) in [7, 11) is 1.57. The molecule has 3 N–H and O–H groups in total. The second kappa shape index (κ2) is 57.8. The van der Waals surface area contributed by atoms with Gasteiger partial charge in [-0.1, -0.05) is 284 Å². The quantitative estimate of drug-likeness (QED) is 0.0243. The zero-order valence-electron chi connectivity index (χ0n) is 50.7. The van der Waals surface area contributed by atoms with E-state index in [1.807, 2.05) is 27.2 Å². The largest absolute Gasteiger partial charge is 0.472 e. The number of carbonyl (C=O) groups excluding carboxylic acids is 1. The fourth-order valence-electron chi connectivity index (χ4n) is 8.82. The number of quaternary nitrogens is 1. The van der Waals surface area contributed by atoms with E-state index in [1.165, 1.54) is 154 Å². The number of unbranched alkanes of at least 4 members (excludes halogenated alkanes) is 28. The number of hydrogen-bond acceptors (Lipinski definition) is 5. The minimum absolute atomic E-state index is 0.0583. The summed E-state index contributed by atoms with van der Waals surface area (Å²) in [6.45, 7) is 4.71. The van der Waals surface area contributed by atoms with Crippen molar-refractivity contribution in [1.82, 2.24) is 5.32 Å². The first kappa shape index (κ1) is 74.2. The monoisotopic (exact) mass is 1090 g/mol. The van der Waals surface area contributed by atoms with E-state index in [9.17, 15) is 19.4 Å². The first-order valence-corrected chi connectivity index (χ1v) is 33.3. The molecule has 0 aliphatic heterocycles. The lowest BCUT2D eigenvalue weighted by Crippen LogP contribution is -2.45. The molecule has 0 aliphatic carbocycles. The molecule has 0 spiro atoms. The van der Waals surface area contributed by atoms with Crippen molar-refractivity contribution in [2.75, 3.05) is 40.9 Å². The first-order valence-electron chi connectivity index (χ1n) is 31.8. The molecule has 0 bridgehead atoms. The van der Waals surface area contributed by atoms with Gasteiger partial charge in [-0.25, -0.2) is 4.57 Å². The average molecular weight is 1090 g/mol. The number of hydrogen-bond donors (Lipinski definition) is 3. The van der Waals surface area contributed by atoms with Gasteiger partial charge in [0.15, 0.2) is 0 Å². The summed E-state index contributed by atoms with van der Waals surface area (Å²) in [5, 5.41) is 13.9. The Labute approximate surface area is 476 Å². The smallest absolute Gasteiger partial charge is 0.387 e. The van der Waals surface area contributed by atoms with Crippen LogP contribution in [0, 0.1) is 0 Å². The van der Waals surface area contributed by atoms with Crippen LogP contribution in [0.1, 0.15) is 264 Å². The predicted octanol–water partition coefficient (Wildman–Crippen LogP) is 19.9. The highest BCUT2D eigenvalue weighted by atomic mass is 31.2. The third kappa shape index (κ3) is 60.6. The van der Waals surface area contributed by atoms with Crippen LogP contribution in [-0.4, -0.2) is 73.4 Å². The Kier molecular flexibility index (Phi) is 55.7. The molecule has 0 radical (unpaired) electrons. The van der Waals surface area contributed by atoms with Crippen LogP contribution < -0.4 is 5.32 Å². The Morgan fingerprint density at radius 1 is 0.455 bits per heavy atom. The minimum Gasteiger partial charge on any atom is -0.387 e. The number of phosphoric acid groups is 1. The number of amides is 1. The number of phosphoric ester groups is 1. The fraction of sp³-hybridized carbons (Fsp3) is 0.721. The normalized spacial score (nSPS) is 14.5. The number of nitrogens with zero attached hydrogens (tertiary/aromatic N) is 1. The number of rotatable bonds is 57. The van der Waals surface area contributed by atoms with Crippen LogP contribution in [0.25, 0.3) is 0 Å².